The lowest BCUT2D eigenvalue weighted by Gasteiger charge is -2.07. The summed E-state index contributed by atoms with van der Waals surface area (Å²) in [6, 6.07) is 1.97. The van der Waals surface area contributed by atoms with Gasteiger partial charge < -0.3 is 4.74 Å². The summed E-state index contributed by atoms with van der Waals surface area (Å²) in [5.41, 5.74) is -0.340. The van der Waals surface area contributed by atoms with Gasteiger partial charge in [0, 0.05) is 12.1 Å². The number of nitro groups is 1. The molecule has 0 atom stereocenters. The number of benzene rings is 1. The van der Waals surface area contributed by atoms with Gasteiger partial charge in [-0.05, 0) is 35.2 Å². The predicted molar refractivity (Wildman–Crippen MR) is 78.1 cm³/mol. The van der Waals surface area contributed by atoms with Gasteiger partial charge in [0.15, 0.2) is 5.75 Å². The van der Waals surface area contributed by atoms with Crippen LogP contribution >= 0.6 is 15.9 Å². The van der Waals surface area contributed by atoms with Gasteiger partial charge in [-0.1, -0.05) is 0 Å². The molecule has 21 heavy (non-hydrogen) atoms. The van der Waals surface area contributed by atoms with Crippen molar-refractivity contribution in [3.8, 4) is 5.75 Å². The molecule has 1 aromatic rings. The third-order valence-corrected chi connectivity index (χ3v) is 3.99. The Bertz CT molecular complexity index is 623. The van der Waals surface area contributed by atoms with Gasteiger partial charge in [-0.25, -0.2) is 17.9 Å². The van der Waals surface area contributed by atoms with E-state index in [1.165, 1.54) is 0 Å². The molecule has 0 aliphatic heterocycles. The molecule has 0 unspecified atom stereocenters. The van der Waals surface area contributed by atoms with Gasteiger partial charge in [0.25, 0.3) is 0 Å². The summed E-state index contributed by atoms with van der Waals surface area (Å²) in [5.74, 6) is -0.947. The maximum Gasteiger partial charge on any atom is 0.312 e. The molecule has 0 bridgehead atoms. The van der Waals surface area contributed by atoms with E-state index in [1.807, 2.05) is 0 Å². The smallest absolute Gasteiger partial charge is 0.312 e. The molecule has 0 saturated heterocycles. The highest BCUT2D eigenvalue weighted by molar-refractivity contribution is 9.10. The second-order valence-electron chi connectivity index (χ2n) is 4.27. The third kappa shape index (κ3) is 6.36. The molecule has 1 rings (SSSR count). The lowest BCUT2D eigenvalue weighted by atomic mass is 10.2. The highest BCUT2D eigenvalue weighted by Gasteiger charge is 2.18. The van der Waals surface area contributed by atoms with Gasteiger partial charge in [0.2, 0.25) is 10.0 Å². The number of primary sulfonamides is 1. The number of hydrogen-bond acceptors (Lipinski definition) is 5. The van der Waals surface area contributed by atoms with Crippen LogP contribution in [0.5, 0.6) is 5.75 Å². The molecular formula is C11H14BrFN2O5S. The summed E-state index contributed by atoms with van der Waals surface area (Å²) in [5, 5.41) is 15.7. The standard InChI is InChI=1S/C11H14BrFN2O5S/c12-8-6-10(15(16)17)11(7-9(8)13)20-4-2-1-3-5-21(14,18)19/h6-7H,1-5H2,(H2,14,18,19). The van der Waals surface area contributed by atoms with Crippen molar-refractivity contribution in [2.24, 2.45) is 5.14 Å². The molecular weight excluding hydrogens is 371 g/mol. The Balaban J connectivity index is 2.52. The van der Waals surface area contributed by atoms with E-state index in [-0.39, 0.29) is 28.3 Å². The molecule has 0 aliphatic carbocycles. The number of nitrogens with two attached hydrogens (primary N) is 1. The first kappa shape index (κ1) is 17.8. The maximum absolute atomic E-state index is 13.4. The molecule has 0 spiro atoms. The zero-order chi connectivity index (χ0) is 16.0. The van der Waals surface area contributed by atoms with Gasteiger partial charge in [0.05, 0.1) is 21.8 Å². The maximum atomic E-state index is 13.4. The lowest BCUT2D eigenvalue weighted by Crippen LogP contribution is -2.16. The van der Waals surface area contributed by atoms with Gasteiger partial charge in [-0.15, -0.1) is 0 Å². The molecule has 1 aromatic carbocycles. The van der Waals surface area contributed by atoms with Crippen LogP contribution in [0.2, 0.25) is 0 Å². The number of nitro benzene ring substituents is 1. The van der Waals surface area contributed by atoms with Crippen LogP contribution in [0.15, 0.2) is 16.6 Å². The van der Waals surface area contributed by atoms with Crippen molar-refractivity contribution in [1.82, 2.24) is 0 Å². The number of sulfonamides is 1. The summed E-state index contributed by atoms with van der Waals surface area (Å²) >= 11 is 2.87. The number of ether oxygens (including phenoxy) is 1. The number of nitrogens with zero attached hydrogens (tertiary/aromatic N) is 1. The highest BCUT2D eigenvalue weighted by Crippen LogP contribution is 2.32. The van der Waals surface area contributed by atoms with Gasteiger partial charge in [-0.2, -0.15) is 0 Å². The zero-order valence-corrected chi connectivity index (χ0v) is 13.3. The Kier molecular flexibility index (Phi) is 6.49. The van der Waals surface area contributed by atoms with E-state index in [0.717, 1.165) is 12.1 Å². The van der Waals surface area contributed by atoms with Gasteiger partial charge >= 0.3 is 5.69 Å². The molecule has 0 saturated carbocycles. The van der Waals surface area contributed by atoms with Crippen LogP contribution in [0.4, 0.5) is 10.1 Å². The third-order valence-electron chi connectivity index (χ3n) is 2.53. The molecule has 7 nitrogen and oxygen atoms in total. The van der Waals surface area contributed by atoms with Crippen molar-refractivity contribution >= 4 is 31.6 Å². The molecule has 2 N–H and O–H groups in total. The molecule has 0 aliphatic rings. The Morgan fingerprint density at radius 3 is 2.57 bits per heavy atom. The minimum Gasteiger partial charge on any atom is -0.487 e. The summed E-state index contributed by atoms with van der Waals surface area (Å²) in [4.78, 5) is 10.2. The fraction of sp³-hybridized carbons (Fsp3) is 0.455. The van der Waals surface area contributed by atoms with Crippen LogP contribution in [-0.2, 0) is 10.0 Å². The SMILES string of the molecule is NS(=O)(=O)CCCCCOc1cc(F)c(Br)cc1[N+](=O)[O-]. The van der Waals surface area contributed by atoms with Crippen LogP contribution < -0.4 is 9.88 Å². The summed E-state index contributed by atoms with van der Waals surface area (Å²) in [6.07, 6.45) is 1.38. The van der Waals surface area contributed by atoms with E-state index in [0.29, 0.717) is 19.3 Å². The molecule has 0 heterocycles. The van der Waals surface area contributed by atoms with E-state index < -0.39 is 20.8 Å². The second kappa shape index (κ2) is 7.66. The quantitative estimate of drug-likeness (QED) is 0.419. The summed E-state index contributed by atoms with van der Waals surface area (Å²) in [6.45, 7) is 0.118. The molecule has 0 fully saturated rings. The van der Waals surface area contributed by atoms with Crippen LogP contribution in [0.25, 0.3) is 0 Å². The van der Waals surface area contributed by atoms with Gasteiger partial charge in [0.1, 0.15) is 5.82 Å². The van der Waals surface area contributed by atoms with Crippen LogP contribution in [0.1, 0.15) is 19.3 Å². The minimum atomic E-state index is -3.48. The topological polar surface area (TPSA) is 113 Å². The van der Waals surface area contributed by atoms with Crippen LogP contribution in [0.3, 0.4) is 0 Å². The first-order valence-electron chi connectivity index (χ1n) is 5.97. The average molecular weight is 385 g/mol. The zero-order valence-electron chi connectivity index (χ0n) is 10.9. The van der Waals surface area contributed by atoms with Crippen molar-refractivity contribution in [2.45, 2.75) is 19.3 Å². The highest BCUT2D eigenvalue weighted by atomic mass is 79.9. The van der Waals surface area contributed by atoms with Crippen molar-refractivity contribution in [3.63, 3.8) is 0 Å². The average Bonchev–Trinajstić information content (AvgIpc) is 2.35. The Morgan fingerprint density at radius 2 is 2.00 bits per heavy atom. The van der Waals surface area contributed by atoms with E-state index in [2.05, 4.69) is 15.9 Å². The van der Waals surface area contributed by atoms with Crippen LogP contribution in [-0.4, -0.2) is 25.7 Å². The number of hydrogen-bond donors (Lipinski definition) is 1. The Morgan fingerprint density at radius 1 is 1.33 bits per heavy atom. The second-order valence-corrected chi connectivity index (χ2v) is 6.86. The fourth-order valence-electron chi connectivity index (χ4n) is 1.54. The molecule has 10 heteroatoms. The van der Waals surface area contributed by atoms with E-state index in [9.17, 15) is 22.9 Å². The Labute approximate surface area is 129 Å². The van der Waals surface area contributed by atoms with E-state index in [4.69, 9.17) is 9.88 Å². The summed E-state index contributed by atoms with van der Waals surface area (Å²) in [7, 11) is -3.48. The molecule has 118 valence electrons. The number of unbranched alkanes of at least 4 members (excludes halogenated alkanes) is 2. The van der Waals surface area contributed by atoms with Crippen molar-refractivity contribution in [1.29, 1.82) is 0 Å². The fourth-order valence-corrected chi connectivity index (χ4v) is 2.48. The van der Waals surface area contributed by atoms with Gasteiger partial charge in [-0.3, -0.25) is 10.1 Å². The minimum absolute atomic E-state index is 0.0188. The van der Waals surface area contributed by atoms with Crippen molar-refractivity contribution in [2.75, 3.05) is 12.4 Å². The van der Waals surface area contributed by atoms with Crippen LogP contribution in [0, 0.1) is 15.9 Å². The van der Waals surface area contributed by atoms with E-state index >= 15 is 0 Å². The van der Waals surface area contributed by atoms with Crippen molar-refractivity contribution in [3.05, 3.63) is 32.5 Å². The normalized spacial score (nSPS) is 11.4. The number of rotatable bonds is 8. The molecule has 0 amide bonds. The van der Waals surface area contributed by atoms with Crippen molar-refractivity contribution < 1.29 is 22.5 Å². The molecule has 0 aromatic heterocycles. The number of halogens is 2. The Hall–Kier alpha value is -1.26. The predicted octanol–water partition coefficient (Wildman–Crippen LogP) is 2.33. The van der Waals surface area contributed by atoms with E-state index in [1.54, 1.807) is 0 Å². The lowest BCUT2D eigenvalue weighted by molar-refractivity contribution is -0.386. The largest absolute Gasteiger partial charge is 0.487 e. The molecule has 0 radical (unpaired) electrons. The first-order valence-corrected chi connectivity index (χ1v) is 8.48. The first-order chi connectivity index (χ1) is 9.70. The monoisotopic (exact) mass is 384 g/mol. The summed E-state index contributed by atoms with van der Waals surface area (Å²) < 4.78 is 39.9.